The fraction of sp³-hybridized carbons (Fsp3) is 0.133. The molecule has 0 aliphatic heterocycles. The molecule has 0 saturated carbocycles. The van der Waals surface area contributed by atoms with Crippen LogP contribution < -0.4 is 5.32 Å². The number of carbonyl (C=O) groups is 1. The number of aromatic nitrogens is 3. The predicted molar refractivity (Wildman–Crippen MR) is 90.2 cm³/mol. The van der Waals surface area contributed by atoms with Gasteiger partial charge in [-0.05, 0) is 36.1 Å². The monoisotopic (exact) mass is 330 g/mol. The average molecular weight is 330 g/mol. The van der Waals surface area contributed by atoms with E-state index < -0.39 is 0 Å². The topological polar surface area (TPSA) is 70.7 Å². The number of aromatic amines is 1. The molecule has 0 saturated heterocycles. The van der Waals surface area contributed by atoms with Gasteiger partial charge in [0.1, 0.15) is 0 Å². The molecule has 0 aliphatic carbocycles. The summed E-state index contributed by atoms with van der Waals surface area (Å²) >= 11 is 2.90. The Balaban J connectivity index is 1.55. The van der Waals surface area contributed by atoms with Crippen LogP contribution in [0.2, 0.25) is 0 Å². The van der Waals surface area contributed by atoms with Gasteiger partial charge in [0, 0.05) is 5.69 Å². The Morgan fingerprint density at radius 1 is 1.36 bits per heavy atom. The van der Waals surface area contributed by atoms with Gasteiger partial charge in [0.05, 0.1) is 10.6 Å². The van der Waals surface area contributed by atoms with Crippen molar-refractivity contribution in [2.45, 2.75) is 12.1 Å². The first-order chi connectivity index (χ1) is 10.7. The van der Waals surface area contributed by atoms with Crippen LogP contribution in [0.15, 0.2) is 46.9 Å². The van der Waals surface area contributed by atoms with E-state index >= 15 is 0 Å². The summed E-state index contributed by atoms with van der Waals surface area (Å²) in [5.74, 6) is 0.935. The first-order valence-electron chi connectivity index (χ1n) is 6.66. The summed E-state index contributed by atoms with van der Waals surface area (Å²) in [4.78, 5) is 17.3. The number of H-pyrrole nitrogens is 1. The second-order valence-electron chi connectivity index (χ2n) is 4.65. The van der Waals surface area contributed by atoms with Crippen LogP contribution in [-0.4, -0.2) is 26.8 Å². The third kappa shape index (κ3) is 3.75. The number of hydrogen-bond acceptors (Lipinski definition) is 5. The summed E-state index contributed by atoms with van der Waals surface area (Å²) in [6.45, 7) is 1.99. The zero-order valence-electron chi connectivity index (χ0n) is 11.9. The standard InChI is InChI=1S/C15H14N4OS2/c1-10-4-2-5-11(8-10)16-13(20)9-22-15-17-14(18-19-15)12-6-3-7-21-12/h2-8H,9H2,1H3,(H,16,20)(H,17,18,19). The van der Waals surface area contributed by atoms with Crippen molar-refractivity contribution in [1.82, 2.24) is 15.2 Å². The van der Waals surface area contributed by atoms with Gasteiger partial charge in [0.25, 0.3) is 0 Å². The van der Waals surface area contributed by atoms with Crippen LogP contribution in [0.5, 0.6) is 0 Å². The number of amides is 1. The number of rotatable bonds is 5. The van der Waals surface area contributed by atoms with Gasteiger partial charge in [-0.2, -0.15) is 0 Å². The number of thioether (sulfide) groups is 1. The first kappa shape index (κ1) is 14.8. The number of thiophene rings is 1. The molecule has 0 bridgehead atoms. The lowest BCUT2D eigenvalue weighted by molar-refractivity contribution is -0.113. The highest BCUT2D eigenvalue weighted by atomic mass is 32.2. The Bertz CT molecular complexity index is 767. The smallest absolute Gasteiger partial charge is 0.234 e. The lowest BCUT2D eigenvalue weighted by Gasteiger charge is -2.04. The molecule has 0 atom stereocenters. The minimum atomic E-state index is -0.0712. The van der Waals surface area contributed by atoms with Crippen molar-refractivity contribution in [2.24, 2.45) is 0 Å². The second kappa shape index (κ2) is 6.76. The Morgan fingerprint density at radius 3 is 3.05 bits per heavy atom. The molecule has 2 N–H and O–H groups in total. The minimum absolute atomic E-state index is 0.0712. The third-order valence-electron chi connectivity index (χ3n) is 2.85. The van der Waals surface area contributed by atoms with Gasteiger partial charge in [-0.1, -0.05) is 30.0 Å². The van der Waals surface area contributed by atoms with Crippen molar-refractivity contribution < 1.29 is 4.79 Å². The normalized spacial score (nSPS) is 10.6. The molecule has 1 aromatic carbocycles. The molecule has 1 amide bonds. The molecule has 112 valence electrons. The molecule has 7 heteroatoms. The molecule has 0 radical (unpaired) electrons. The maximum Gasteiger partial charge on any atom is 0.234 e. The van der Waals surface area contributed by atoms with E-state index in [9.17, 15) is 4.79 Å². The molecule has 2 heterocycles. The summed E-state index contributed by atoms with van der Waals surface area (Å²) in [5, 5.41) is 12.4. The zero-order valence-corrected chi connectivity index (χ0v) is 13.5. The van der Waals surface area contributed by atoms with E-state index in [1.54, 1.807) is 11.3 Å². The van der Waals surface area contributed by atoms with Crippen molar-refractivity contribution in [2.75, 3.05) is 11.1 Å². The molecular weight excluding hydrogens is 316 g/mol. The predicted octanol–water partition coefficient (Wildman–Crippen LogP) is 3.57. The number of nitrogens with zero attached hydrogens (tertiary/aromatic N) is 2. The van der Waals surface area contributed by atoms with Gasteiger partial charge in [0.15, 0.2) is 5.82 Å². The summed E-state index contributed by atoms with van der Waals surface area (Å²) in [5.41, 5.74) is 1.92. The molecule has 2 aromatic heterocycles. The lowest BCUT2D eigenvalue weighted by atomic mass is 10.2. The van der Waals surface area contributed by atoms with E-state index in [0.717, 1.165) is 22.0 Å². The molecule has 3 aromatic rings. The van der Waals surface area contributed by atoms with E-state index in [1.807, 2.05) is 48.7 Å². The van der Waals surface area contributed by atoms with Gasteiger partial charge in [-0.25, -0.2) is 4.98 Å². The quantitative estimate of drug-likeness (QED) is 0.702. The number of hydrogen-bond donors (Lipinski definition) is 2. The Kier molecular flexibility index (Phi) is 4.55. The van der Waals surface area contributed by atoms with Gasteiger partial charge in [-0.3, -0.25) is 9.89 Å². The number of aryl methyl sites for hydroxylation is 1. The summed E-state index contributed by atoms with van der Waals surface area (Å²) in [6, 6.07) is 11.7. The minimum Gasteiger partial charge on any atom is -0.325 e. The SMILES string of the molecule is Cc1cccc(NC(=O)CSc2n[nH]c(-c3cccs3)n2)c1. The van der Waals surface area contributed by atoms with Crippen molar-refractivity contribution in [3.05, 3.63) is 47.3 Å². The fourth-order valence-electron chi connectivity index (χ4n) is 1.88. The molecule has 0 spiro atoms. The summed E-state index contributed by atoms with van der Waals surface area (Å²) in [6.07, 6.45) is 0. The molecule has 3 rings (SSSR count). The summed E-state index contributed by atoms with van der Waals surface area (Å²) in [7, 11) is 0. The maximum atomic E-state index is 11.9. The first-order valence-corrected chi connectivity index (χ1v) is 8.53. The average Bonchev–Trinajstić information content (AvgIpc) is 3.16. The lowest BCUT2D eigenvalue weighted by Crippen LogP contribution is -2.14. The highest BCUT2D eigenvalue weighted by molar-refractivity contribution is 7.99. The van der Waals surface area contributed by atoms with Crippen LogP contribution in [0.25, 0.3) is 10.7 Å². The number of benzene rings is 1. The maximum absolute atomic E-state index is 11.9. The molecule has 22 heavy (non-hydrogen) atoms. The van der Waals surface area contributed by atoms with E-state index in [-0.39, 0.29) is 11.7 Å². The highest BCUT2D eigenvalue weighted by Crippen LogP contribution is 2.23. The summed E-state index contributed by atoms with van der Waals surface area (Å²) < 4.78 is 0. The van der Waals surface area contributed by atoms with Crippen LogP contribution in [0.4, 0.5) is 5.69 Å². The van der Waals surface area contributed by atoms with Gasteiger partial charge < -0.3 is 5.32 Å². The van der Waals surface area contributed by atoms with Gasteiger partial charge in [0.2, 0.25) is 11.1 Å². The van der Waals surface area contributed by atoms with Crippen LogP contribution >= 0.6 is 23.1 Å². The van der Waals surface area contributed by atoms with Crippen LogP contribution in [-0.2, 0) is 4.79 Å². The van der Waals surface area contributed by atoms with E-state index in [2.05, 4.69) is 20.5 Å². The van der Waals surface area contributed by atoms with Crippen LogP contribution in [0, 0.1) is 6.92 Å². The second-order valence-corrected chi connectivity index (χ2v) is 6.54. The van der Waals surface area contributed by atoms with Gasteiger partial charge in [-0.15, -0.1) is 16.4 Å². The van der Waals surface area contributed by atoms with E-state index in [1.165, 1.54) is 11.8 Å². The van der Waals surface area contributed by atoms with Crippen molar-refractivity contribution >= 4 is 34.7 Å². The van der Waals surface area contributed by atoms with E-state index in [4.69, 9.17) is 0 Å². The molecule has 0 unspecified atom stereocenters. The van der Waals surface area contributed by atoms with Crippen molar-refractivity contribution in [3.63, 3.8) is 0 Å². The fourth-order valence-corrected chi connectivity index (χ4v) is 3.15. The van der Waals surface area contributed by atoms with E-state index in [0.29, 0.717) is 5.16 Å². The Labute approximate surface area is 136 Å². The largest absolute Gasteiger partial charge is 0.325 e. The van der Waals surface area contributed by atoms with Gasteiger partial charge >= 0.3 is 0 Å². The molecule has 0 aliphatic rings. The highest BCUT2D eigenvalue weighted by Gasteiger charge is 2.09. The van der Waals surface area contributed by atoms with Crippen LogP contribution in [0.1, 0.15) is 5.56 Å². The van der Waals surface area contributed by atoms with Crippen molar-refractivity contribution in [3.8, 4) is 10.7 Å². The number of anilines is 1. The molecular formula is C15H14N4OS2. The Morgan fingerprint density at radius 2 is 2.27 bits per heavy atom. The van der Waals surface area contributed by atoms with Crippen LogP contribution in [0.3, 0.4) is 0 Å². The Hall–Kier alpha value is -2.12. The number of carbonyl (C=O) groups excluding carboxylic acids is 1. The third-order valence-corrected chi connectivity index (χ3v) is 4.58. The molecule has 5 nitrogen and oxygen atoms in total. The molecule has 0 fully saturated rings. The zero-order chi connectivity index (χ0) is 15.4. The number of nitrogens with one attached hydrogen (secondary N) is 2. The van der Waals surface area contributed by atoms with Crippen molar-refractivity contribution in [1.29, 1.82) is 0 Å².